The Kier molecular flexibility index (Phi) is 5.94. The van der Waals surface area contributed by atoms with Gasteiger partial charge in [-0.3, -0.25) is 19.7 Å². The summed E-state index contributed by atoms with van der Waals surface area (Å²) in [5.41, 5.74) is -0.125. The fourth-order valence-electron chi connectivity index (χ4n) is 1.97. The van der Waals surface area contributed by atoms with Crippen LogP contribution in [0.1, 0.15) is 33.1 Å². The zero-order chi connectivity index (χ0) is 15.2. The van der Waals surface area contributed by atoms with Gasteiger partial charge in [-0.1, -0.05) is 13.8 Å². The summed E-state index contributed by atoms with van der Waals surface area (Å²) in [4.78, 5) is 33.3. The molecule has 0 spiro atoms. The average molecular weight is 285 g/mol. The Labute approximate surface area is 118 Å². The summed E-state index contributed by atoms with van der Waals surface area (Å²) in [6, 6.07) is -0.394. The number of carboxylic acid groups (broad SMARTS) is 1. The van der Waals surface area contributed by atoms with Gasteiger partial charge in [-0.05, 0) is 18.3 Å². The van der Waals surface area contributed by atoms with E-state index in [-0.39, 0.29) is 30.2 Å². The molecule has 114 valence electrons. The first-order valence-electron chi connectivity index (χ1n) is 6.80. The molecule has 0 radical (unpaired) electrons. The van der Waals surface area contributed by atoms with Crippen molar-refractivity contribution in [2.75, 3.05) is 19.6 Å². The lowest BCUT2D eigenvalue weighted by Crippen LogP contribution is -2.58. The number of hydrogen-bond donors (Lipinski definition) is 4. The van der Waals surface area contributed by atoms with Gasteiger partial charge in [-0.2, -0.15) is 0 Å². The molecular formula is C13H23N3O4. The highest BCUT2D eigenvalue weighted by Crippen LogP contribution is 2.25. The molecule has 0 saturated carbocycles. The minimum Gasteiger partial charge on any atom is -0.481 e. The highest BCUT2D eigenvalue weighted by molar-refractivity contribution is 5.86. The molecule has 4 N–H and O–H groups in total. The molecule has 1 unspecified atom stereocenters. The molecule has 20 heavy (non-hydrogen) atoms. The molecule has 7 heteroatoms. The van der Waals surface area contributed by atoms with Gasteiger partial charge in [0.15, 0.2) is 0 Å². The van der Waals surface area contributed by atoms with E-state index in [1.54, 1.807) is 0 Å². The first kappa shape index (κ1) is 16.4. The molecule has 0 aliphatic carbocycles. The van der Waals surface area contributed by atoms with Crippen molar-refractivity contribution < 1.29 is 19.5 Å². The maximum absolute atomic E-state index is 11.8. The van der Waals surface area contributed by atoms with Crippen molar-refractivity contribution in [1.29, 1.82) is 0 Å². The van der Waals surface area contributed by atoms with Crippen LogP contribution in [0, 0.1) is 5.41 Å². The molecule has 0 aromatic carbocycles. The molecule has 1 atom stereocenters. The van der Waals surface area contributed by atoms with Gasteiger partial charge < -0.3 is 15.7 Å². The molecule has 1 heterocycles. The van der Waals surface area contributed by atoms with E-state index < -0.39 is 12.0 Å². The van der Waals surface area contributed by atoms with E-state index in [9.17, 15) is 14.4 Å². The molecule has 2 amide bonds. The molecule has 0 aromatic heterocycles. The Hall–Kier alpha value is -1.63. The van der Waals surface area contributed by atoms with Crippen LogP contribution in [0.2, 0.25) is 0 Å². The maximum atomic E-state index is 11.8. The molecule has 0 aromatic rings. The molecule has 1 rings (SSSR count). The Morgan fingerprint density at radius 3 is 2.65 bits per heavy atom. The standard InChI is InChI=1S/C13H23N3O4/c1-13(2,4-3-11(18)19)5-6-14-12(20)9-7-16-10(17)8-15-9/h9,15H,3-8H2,1-2H3,(H,14,20)(H,16,17)(H,18,19). The van der Waals surface area contributed by atoms with Crippen molar-refractivity contribution in [3.63, 3.8) is 0 Å². The van der Waals surface area contributed by atoms with Crippen molar-refractivity contribution in [1.82, 2.24) is 16.0 Å². The third kappa shape index (κ3) is 6.01. The zero-order valence-corrected chi connectivity index (χ0v) is 12.0. The molecular weight excluding hydrogens is 262 g/mol. The second-order valence-electron chi connectivity index (χ2n) is 5.84. The van der Waals surface area contributed by atoms with Crippen molar-refractivity contribution in [3.8, 4) is 0 Å². The van der Waals surface area contributed by atoms with Crippen LogP contribution >= 0.6 is 0 Å². The van der Waals surface area contributed by atoms with Crippen molar-refractivity contribution in [2.45, 2.75) is 39.2 Å². The van der Waals surface area contributed by atoms with Crippen LogP contribution in [0.4, 0.5) is 0 Å². The normalized spacial score (nSPS) is 19.3. The van der Waals surface area contributed by atoms with Crippen LogP contribution in [-0.2, 0) is 14.4 Å². The topological polar surface area (TPSA) is 108 Å². The van der Waals surface area contributed by atoms with Crippen LogP contribution in [0.25, 0.3) is 0 Å². The third-order valence-corrected chi connectivity index (χ3v) is 3.45. The van der Waals surface area contributed by atoms with E-state index >= 15 is 0 Å². The Morgan fingerprint density at radius 2 is 2.10 bits per heavy atom. The number of piperazine rings is 1. The molecule has 7 nitrogen and oxygen atoms in total. The number of carbonyl (C=O) groups excluding carboxylic acids is 2. The molecule has 1 aliphatic rings. The van der Waals surface area contributed by atoms with Crippen LogP contribution in [0.5, 0.6) is 0 Å². The zero-order valence-electron chi connectivity index (χ0n) is 12.0. The minimum atomic E-state index is -0.802. The summed E-state index contributed by atoms with van der Waals surface area (Å²) in [6.07, 6.45) is 1.43. The number of nitrogens with one attached hydrogen (secondary N) is 3. The monoisotopic (exact) mass is 285 g/mol. The van der Waals surface area contributed by atoms with Gasteiger partial charge in [-0.15, -0.1) is 0 Å². The average Bonchev–Trinajstić information content (AvgIpc) is 2.37. The van der Waals surface area contributed by atoms with Gasteiger partial charge in [0.25, 0.3) is 0 Å². The third-order valence-electron chi connectivity index (χ3n) is 3.45. The van der Waals surface area contributed by atoms with Gasteiger partial charge in [0.2, 0.25) is 11.8 Å². The lowest BCUT2D eigenvalue weighted by atomic mass is 9.84. The summed E-state index contributed by atoms with van der Waals surface area (Å²) < 4.78 is 0. The Bertz CT molecular complexity index is 372. The van der Waals surface area contributed by atoms with Crippen molar-refractivity contribution in [2.24, 2.45) is 5.41 Å². The van der Waals surface area contributed by atoms with Gasteiger partial charge in [0.05, 0.1) is 6.54 Å². The van der Waals surface area contributed by atoms with E-state index in [4.69, 9.17) is 5.11 Å². The SMILES string of the molecule is CC(C)(CCNC(=O)C1CNC(=O)CN1)CCC(=O)O. The summed E-state index contributed by atoms with van der Waals surface area (Å²) in [5.74, 6) is -1.05. The van der Waals surface area contributed by atoms with E-state index in [0.717, 1.165) is 0 Å². The number of carbonyl (C=O) groups is 3. The minimum absolute atomic E-state index is 0.108. The molecule has 1 saturated heterocycles. The fourth-order valence-corrected chi connectivity index (χ4v) is 1.97. The predicted molar refractivity (Wildman–Crippen MR) is 73.1 cm³/mol. The van der Waals surface area contributed by atoms with Crippen LogP contribution in [0.15, 0.2) is 0 Å². The number of amides is 2. The summed E-state index contributed by atoms with van der Waals surface area (Å²) in [6.45, 7) is 4.93. The lowest BCUT2D eigenvalue weighted by Gasteiger charge is -2.26. The van der Waals surface area contributed by atoms with E-state index in [2.05, 4.69) is 16.0 Å². The highest BCUT2D eigenvalue weighted by Gasteiger charge is 2.24. The van der Waals surface area contributed by atoms with Gasteiger partial charge in [0.1, 0.15) is 6.04 Å². The van der Waals surface area contributed by atoms with Gasteiger partial charge >= 0.3 is 5.97 Å². The number of aliphatic carboxylic acids is 1. The number of carboxylic acids is 1. The molecule has 1 fully saturated rings. The summed E-state index contributed by atoms with van der Waals surface area (Å²) in [7, 11) is 0. The number of rotatable bonds is 7. The second kappa shape index (κ2) is 7.23. The van der Waals surface area contributed by atoms with Crippen LogP contribution in [-0.4, -0.2) is 48.6 Å². The fraction of sp³-hybridized carbons (Fsp3) is 0.769. The lowest BCUT2D eigenvalue weighted by molar-refractivity contribution is -0.137. The van der Waals surface area contributed by atoms with Gasteiger partial charge in [-0.25, -0.2) is 0 Å². The molecule has 0 bridgehead atoms. The van der Waals surface area contributed by atoms with E-state index in [1.165, 1.54) is 0 Å². The van der Waals surface area contributed by atoms with Crippen LogP contribution < -0.4 is 16.0 Å². The van der Waals surface area contributed by atoms with E-state index in [0.29, 0.717) is 25.9 Å². The van der Waals surface area contributed by atoms with Crippen LogP contribution in [0.3, 0.4) is 0 Å². The maximum Gasteiger partial charge on any atom is 0.303 e. The van der Waals surface area contributed by atoms with Crippen molar-refractivity contribution in [3.05, 3.63) is 0 Å². The predicted octanol–water partition coefficient (Wildman–Crippen LogP) is -0.528. The summed E-state index contributed by atoms with van der Waals surface area (Å²) in [5, 5.41) is 17.0. The number of hydrogen-bond acceptors (Lipinski definition) is 4. The second-order valence-corrected chi connectivity index (χ2v) is 5.84. The molecule has 1 aliphatic heterocycles. The van der Waals surface area contributed by atoms with E-state index in [1.807, 2.05) is 13.8 Å². The highest BCUT2D eigenvalue weighted by atomic mass is 16.4. The smallest absolute Gasteiger partial charge is 0.303 e. The first-order chi connectivity index (χ1) is 9.30. The quantitative estimate of drug-likeness (QED) is 0.503. The summed E-state index contributed by atoms with van der Waals surface area (Å²) >= 11 is 0. The van der Waals surface area contributed by atoms with Gasteiger partial charge in [0, 0.05) is 19.5 Å². The van der Waals surface area contributed by atoms with Crippen molar-refractivity contribution >= 4 is 17.8 Å². The first-order valence-corrected chi connectivity index (χ1v) is 6.80. The Morgan fingerprint density at radius 1 is 1.40 bits per heavy atom. The Balaban J connectivity index is 2.24. The largest absolute Gasteiger partial charge is 0.481 e.